The quantitative estimate of drug-likeness (QED) is 0.789. The molecule has 1 aromatic heterocycles. The van der Waals surface area contributed by atoms with Gasteiger partial charge in [-0.2, -0.15) is 4.98 Å². The lowest BCUT2D eigenvalue weighted by atomic mass is 10.1. The van der Waals surface area contributed by atoms with Gasteiger partial charge in [0.15, 0.2) is 11.6 Å². The van der Waals surface area contributed by atoms with Crippen molar-refractivity contribution in [1.82, 2.24) is 9.97 Å². The lowest BCUT2D eigenvalue weighted by Crippen LogP contribution is -2.38. The predicted octanol–water partition coefficient (Wildman–Crippen LogP) is 2.07. The molecule has 2 N–H and O–H groups in total. The second kappa shape index (κ2) is 7.92. The molecule has 0 amide bonds. The van der Waals surface area contributed by atoms with E-state index in [0.29, 0.717) is 25.6 Å². The first-order valence-corrected chi connectivity index (χ1v) is 8.09. The number of aliphatic hydroxyl groups excluding tert-OH is 1. The van der Waals surface area contributed by atoms with Crippen LogP contribution in [0.25, 0.3) is 0 Å². The number of para-hydroxylation sites is 1. The number of aromatic nitrogens is 2. The molecular formula is C17H21FN4O2. The number of hydrogen-bond donors (Lipinski definition) is 2. The topological polar surface area (TPSA) is 70.5 Å². The smallest absolute Gasteiger partial charge is 0.224 e. The van der Waals surface area contributed by atoms with Crippen LogP contribution in [-0.2, 0) is 0 Å². The van der Waals surface area contributed by atoms with Crippen LogP contribution < -0.4 is 15.0 Å². The van der Waals surface area contributed by atoms with Crippen LogP contribution in [-0.4, -0.2) is 47.4 Å². The first kappa shape index (κ1) is 16.4. The first-order chi connectivity index (χ1) is 11.7. The number of nitrogens with zero attached hydrogens (tertiary/aromatic N) is 3. The molecule has 24 heavy (non-hydrogen) atoms. The second-order valence-corrected chi connectivity index (χ2v) is 5.69. The van der Waals surface area contributed by atoms with Crippen molar-refractivity contribution in [3.8, 4) is 5.75 Å². The van der Waals surface area contributed by atoms with Crippen LogP contribution in [0.3, 0.4) is 0 Å². The highest BCUT2D eigenvalue weighted by Gasteiger charge is 2.19. The third-order valence-corrected chi connectivity index (χ3v) is 3.84. The lowest BCUT2D eigenvalue weighted by molar-refractivity contribution is 0.154. The SMILES string of the molecule is OC1CCCN(c2ccnc(NCCOc3ccccc3F)n2)C1. The summed E-state index contributed by atoms with van der Waals surface area (Å²) in [6, 6.07) is 8.14. The summed E-state index contributed by atoms with van der Waals surface area (Å²) in [4.78, 5) is 10.7. The molecule has 128 valence electrons. The second-order valence-electron chi connectivity index (χ2n) is 5.69. The van der Waals surface area contributed by atoms with Crippen LogP contribution in [0.1, 0.15) is 12.8 Å². The molecule has 0 radical (unpaired) electrons. The zero-order chi connectivity index (χ0) is 16.8. The van der Waals surface area contributed by atoms with Crippen molar-refractivity contribution in [3.05, 3.63) is 42.3 Å². The predicted molar refractivity (Wildman–Crippen MR) is 89.9 cm³/mol. The zero-order valence-corrected chi connectivity index (χ0v) is 13.4. The summed E-state index contributed by atoms with van der Waals surface area (Å²) >= 11 is 0. The van der Waals surface area contributed by atoms with Gasteiger partial charge in [-0.25, -0.2) is 9.37 Å². The molecular weight excluding hydrogens is 311 g/mol. The van der Waals surface area contributed by atoms with Crippen molar-refractivity contribution in [2.45, 2.75) is 18.9 Å². The number of hydrogen-bond acceptors (Lipinski definition) is 6. The fourth-order valence-corrected chi connectivity index (χ4v) is 2.66. The summed E-state index contributed by atoms with van der Waals surface area (Å²) in [5.41, 5.74) is 0. The van der Waals surface area contributed by atoms with E-state index in [0.717, 1.165) is 25.2 Å². The van der Waals surface area contributed by atoms with Crippen LogP contribution in [0.2, 0.25) is 0 Å². The Hall–Kier alpha value is -2.41. The van der Waals surface area contributed by atoms with E-state index in [2.05, 4.69) is 20.2 Å². The van der Waals surface area contributed by atoms with Gasteiger partial charge in [-0.05, 0) is 31.0 Å². The highest BCUT2D eigenvalue weighted by molar-refractivity contribution is 5.43. The Balaban J connectivity index is 1.50. The molecule has 0 spiro atoms. The van der Waals surface area contributed by atoms with Gasteiger partial charge in [0.25, 0.3) is 0 Å². The fraction of sp³-hybridized carbons (Fsp3) is 0.412. The number of benzene rings is 1. The molecule has 3 rings (SSSR count). The monoisotopic (exact) mass is 332 g/mol. The van der Waals surface area contributed by atoms with Gasteiger partial charge >= 0.3 is 0 Å². The molecule has 2 heterocycles. The van der Waals surface area contributed by atoms with Gasteiger partial charge in [-0.1, -0.05) is 12.1 Å². The van der Waals surface area contributed by atoms with E-state index in [-0.39, 0.29) is 17.7 Å². The molecule has 6 nitrogen and oxygen atoms in total. The summed E-state index contributed by atoms with van der Waals surface area (Å²) in [5, 5.41) is 12.8. The maximum absolute atomic E-state index is 13.4. The number of halogens is 1. The summed E-state index contributed by atoms with van der Waals surface area (Å²) < 4.78 is 18.8. The maximum atomic E-state index is 13.4. The molecule has 1 aromatic carbocycles. The first-order valence-electron chi connectivity index (χ1n) is 8.09. The molecule has 1 unspecified atom stereocenters. The minimum Gasteiger partial charge on any atom is -0.489 e. The van der Waals surface area contributed by atoms with E-state index < -0.39 is 0 Å². The van der Waals surface area contributed by atoms with Gasteiger partial charge in [0.05, 0.1) is 12.6 Å². The Labute approximate surface area is 140 Å². The van der Waals surface area contributed by atoms with Crippen LogP contribution in [0, 0.1) is 5.82 Å². The number of ether oxygens (including phenoxy) is 1. The molecule has 1 saturated heterocycles. The van der Waals surface area contributed by atoms with Crippen LogP contribution in [0.15, 0.2) is 36.5 Å². The van der Waals surface area contributed by atoms with E-state index >= 15 is 0 Å². The standard InChI is InChI=1S/C17H21FN4O2/c18-14-5-1-2-6-15(14)24-11-9-20-17-19-8-7-16(21-17)22-10-3-4-13(23)12-22/h1-2,5-8,13,23H,3-4,9-12H2,(H,19,20,21). The van der Waals surface area contributed by atoms with Crippen molar-refractivity contribution in [1.29, 1.82) is 0 Å². The zero-order valence-electron chi connectivity index (χ0n) is 13.4. The molecule has 1 aliphatic rings. The van der Waals surface area contributed by atoms with Gasteiger partial charge in [0.1, 0.15) is 12.4 Å². The summed E-state index contributed by atoms with van der Waals surface area (Å²) in [6.07, 6.45) is 3.16. The largest absolute Gasteiger partial charge is 0.489 e. The average Bonchev–Trinajstić information content (AvgIpc) is 2.60. The van der Waals surface area contributed by atoms with E-state index in [1.807, 2.05) is 6.07 Å². The highest BCUT2D eigenvalue weighted by Crippen LogP contribution is 2.18. The molecule has 0 bridgehead atoms. The Bertz CT molecular complexity index is 671. The van der Waals surface area contributed by atoms with Crippen LogP contribution >= 0.6 is 0 Å². The third kappa shape index (κ3) is 4.32. The van der Waals surface area contributed by atoms with Crippen molar-refractivity contribution in [3.63, 3.8) is 0 Å². The molecule has 1 fully saturated rings. The minimum absolute atomic E-state index is 0.233. The van der Waals surface area contributed by atoms with Gasteiger partial charge in [-0.15, -0.1) is 0 Å². The fourth-order valence-electron chi connectivity index (χ4n) is 2.66. The number of rotatable bonds is 6. The third-order valence-electron chi connectivity index (χ3n) is 3.84. The Morgan fingerprint density at radius 1 is 1.33 bits per heavy atom. The molecule has 1 aliphatic heterocycles. The van der Waals surface area contributed by atoms with E-state index in [9.17, 15) is 9.50 Å². The van der Waals surface area contributed by atoms with Crippen LogP contribution in [0.5, 0.6) is 5.75 Å². The number of piperidine rings is 1. The van der Waals surface area contributed by atoms with Crippen molar-refractivity contribution in [2.24, 2.45) is 0 Å². The van der Waals surface area contributed by atoms with Crippen molar-refractivity contribution >= 4 is 11.8 Å². The summed E-state index contributed by atoms with van der Waals surface area (Å²) in [6.45, 7) is 2.23. The number of nitrogens with one attached hydrogen (secondary N) is 1. The highest BCUT2D eigenvalue weighted by atomic mass is 19.1. The van der Waals surface area contributed by atoms with Crippen molar-refractivity contribution in [2.75, 3.05) is 36.5 Å². The van der Waals surface area contributed by atoms with E-state index in [4.69, 9.17) is 4.74 Å². The Morgan fingerprint density at radius 2 is 2.21 bits per heavy atom. The van der Waals surface area contributed by atoms with Gasteiger partial charge < -0.3 is 20.1 Å². The Morgan fingerprint density at radius 3 is 3.04 bits per heavy atom. The van der Waals surface area contributed by atoms with Crippen LogP contribution in [0.4, 0.5) is 16.2 Å². The summed E-state index contributed by atoms with van der Waals surface area (Å²) in [5.74, 6) is 1.14. The minimum atomic E-state index is -0.376. The van der Waals surface area contributed by atoms with Gasteiger partial charge in [-0.3, -0.25) is 0 Å². The molecule has 1 atom stereocenters. The number of β-amino-alcohol motifs (C(OH)–C–C–N with tert-alkyl or cyclic N) is 1. The van der Waals surface area contributed by atoms with Gasteiger partial charge in [0, 0.05) is 19.3 Å². The molecule has 7 heteroatoms. The van der Waals surface area contributed by atoms with E-state index in [1.54, 1.807) is 24.4 Å². The molecule has 0 aliphatic carbocycles. The molecule has 2 aromatic rings. The number of aliphatic hydroxyl groups is 1. The number of anilines is 2. The summed E-state index contributed by atoms with van der Waals surface area (Å²) in [7, 11) is 0. The van der Waals surface area contributed by atoms with Gasteiger partial charge in [0.2, 0.25) is 5.95 Å². The van der Waals surface area contributed by atoms with Crippen molar-refractivity contribution < 1.29 is 14.2 Å². The maximum Gasteiger partial charge on any atom is 0.224 e. The lowest BCUT2D eigenvalue weighted by Gasteiger charge is -2.31. The Kier molecular flexibility index (Phi) is 5.43. The average molecular weight is 332 g/mol. The van der Waals surface area contributed by atoms with E-state index in [1.165, 1.54) is 6.07 Å². The normalized spacial score (nSPS) is 17.6. The molecule has 0 saturated carbocycles.